The second kappa shape index (κ2) is 13.7. The van der Waals surface area contributed by atoms with Gasteiger partial charge < -0.3 is 10.6 Å². The summed E-state index contributed by atoms with van der Waals surface area (Å²) in [6.07, 6.45) is 0. The number of rotatable bonds is 9. The fourth-order valence-corrected chi connectivity index (χ4v) is 4.08. The van der Waals surface area contributed by atoms with Crippen molar-refractivity contribution in [2.75, 3.05) is 23.7 Å². The van der Waals surface area contributed by atoms with Gasteiger partial charge in [-0.15, -0.1) is 11.6 Å². The van der Waals surface area contributed by atoms with Gasteiger partial charge in [-0.2, -0.15) is 0 Å². The minimum atomic E-state index is 0.166. The maximum Gasteiger partial charge on any atom is 0.0480 e. The van der Waals surface area contributed by atoms with Gasteiger partial charge in [0.05, 0.1) is 0 Å². The van der Waals surface area contributed by atoms with E-state index in [2.05, 4.69) is 114 Å². The Morgan fingerprint density at radius 1 is 0.719 bits per heavy atom. The summed E-state index contributed by atoms with van der Waals surface area (Å²) in [5, 5.41) is 7.19. The minimum absolute atomic E-state index is 0.166. The summed E-state index contributed by atoms with van der Waals surface area (Å²) in [4.78, 5) is 2.53. The third-order valence-corrected chi connectivity index (χ3v) is 5.88. The molecule has 2 aromatic rings. The van der Waals surface area contributed by atoms with Gasteiger partial charge in [-0.25, -0.2) is 0 Å². The van der Waals surface area contributed by atoms with Crippen LogP contribution in [0.4, 0.5) is 11.4 Å². The Hall–Kier alpha value is -1.71. The molecular formula is C28H46ClN3. The Balaban J connectivity index is 0.000000343. The number of anilines is 2. The molecule has 0 saturated heterocycles. The molecule has 2 rings (SSSR count). The SMILES string of the molecule is Cc1cccc(C)c1NC(C)CN(C(C)C)C(C)C.Cc1cccc(C)c1NCC(C)Cl. The van der Waals surface area contributed by atoms with Crippen LogP contribution in [0.1, 0.15) is 63.8 Å². The van der Waals surface area contributed by atoms with E-state index in [1.54, 1.807) is 0 Å². The summed E-state index contributed by atoms with van der Waals surface area (Å²) in [6.45, 7) is 23.8. The second-order valence-electron chi connectivity index (χ2n) is 9.62. The summed E-state index contributed by atoms with van der Waals surface area (Å²) in [5.74, 6) is 0. The maximum absolute atomic E-state index is 5.87. The summed E-state index contributed by atoms with van der Waals surface area (Å²) in [5.41, 5.74) is 7.71. The van der Waals surface area contributed by atoms with Gasteiger partial charge >= 0.3 is 0 Å². The standard InChI is InChI=1S/C17H30N2.C11H16ClN/c1-12(2)19(13(3)4)11-16(7)18-17-14(5)9-8-10-15(17)6;1-8-5-4-6-9(2)11(8)13-7-10(3)12/h8-10,12-13,16,18H,11H2,1-7H3;4-6,10,13H,7H2,1-3H3. The van der Waals surface area contributed by atoms with E-state index >= 15 is 0 Å². The largest absolute Gasteiger partial charge is 0.383 e. The topological polar surface area (TPSA) is 27.3 Å². The molecule has 0 aliphatic heterocycles. The average Bonchev–Trinajstić information content (AvgIpc) is 2.68. The van der Waals surface area contributed by atoms with Gasteiger partial charge in [0.1, 0.15) is 0 Å². The lowest BCUT2D eigenvalue weighted by atomic mass is 10.1. The Morgan fingerprint density at radius 3 is 1.50 bits per heavy atom. The Labute approximate surface area is 202 Å². The van der Waals surface area contributed by atoms with Crippen molar-refractivity contribution in [3.8, 4) is 0 Å². The molecule has 0 aliphatic rings. The van der Waals surface area contributed by atoms with Crippen LogP contribution in [0.3, 0.4) is 0 Å². The predicted octanol–water partition coefficient (Wildman–Crippen LogP) is 7.57. The Morgan fingerprint density at radius 2 is 1.12 bits per heavy atom. The number of hydrogen-bond acceptors (Lipinski definition) is 3. The number of alkyl halides is 1. The van der Waals surface area contributed by atoms with Crippen LogP contribution < -0.4 is 10.6 Å². The molecule has 0 spiro atoms. The summed E-state index contributed by atoms with van der Waals surface area (Å²) >= 11 is 5.87. The van der Waals surface area contributed by atoms with Gasteiger partial charge in [-0.1, -0.05) is 36.4 Å². The highest BCUT2D eigenvalue weighted by Crippen LogP contribution is 2.21. The fourth-order valence-electron chi connectivity index (χ4n) is 4.00. The molecule has 0 saturated carbocycles. The lowest BCUT2D eigenvalue weighted by molar-refractivity contribution is 0.170. The molecule has 0 bridgehead atoms. The third-order valence-electron chi connectivity index (χ3n) is 5.72. The Kier molecular flexibility index (Phi) is 12.2. The molecule has 32 heavy (non-hydrogen) atoms. The number of para-hydroxylation sites is 2. The van der Waals surface area contributed by atoms with Crippen LogP contribution in [0, 0.1) is 27.7 Å². The van der Waals surface area contributed by atoms with Crippen molar-refractivity contribution in [3.63, 3.8) is 0 Å². The first-order valence-electron chi connectivity index (χ1n) is 12.0. The van der Waals surface area contributed by atoms with Crippen molar-refractivity contribution in [1.82, 2.24) is 4.90 Å². The first-order valence-corrected chi connectivity index (χ1v) is 12.4. The number of nitrogens with zero attached hydrogens (tertiary/aromatic N) is 1. The van der Waals surface area contributed by atoms with E-state index in [4.69, 9.17) is 11.6 Å². The van der Waals surface area contributed by atoms with E-state index in [0.29, 0.717) is 18.1 Å². The van der Waals surface area contributed by atoms with Crippen LogP contribution in [-0.2, 0) is 0 Å². The number of nitrogens with one attached hydrogen (secondary N) is 2. The predicted molar refractivity (Wildman–Crippen MR) is 146 cm³/mol. The molecule has 0 aliphatic carbocycles. The summed E-state index contributed by atoms with van der Waals surface area (Å²) in [6, 6.07) is 14.4. The second-order valence-corrected chi connectivity index (χ2v) is 10.4. The molecule has 0 aromatic heterocycles. The smallest absolute Gasteiger partial charge is 0.0480 e. The van der Waals surface area contributed by atoms with E-state index in [9.17, 15) is 0 Å². The maximum atomic E-state index is 5.87. The van der Waals surface area contributed by atoms with Gasteiger partial charge in [-0.3, -0.25) is 4.90 Å². The molecule has 180 valence electrons. The molecule has 2 unspecified atom stereocenters. The quantitative estimate of drug-likeness (QED) is 0.378. The van der Waals surface area contributed by atoms with Crippen LogP contribution in [0.25, 0.3) is 0 Å². The first kappa shape index (κ1) is 28.3. The zero-order chi connectivity index (χ0) is 24.4. The number of benzene rings is 2. The lowest BCUT2D eigenvalue weighted by Gasteiger charge is -2.33. The van der Waals surface area contributed by atoms with Crippen molar-refractivity contribution >= 4 is 23.0 Å². The van der Waals surface area contributed by atoms with Gasteiger partial charge in [-0.05, 0) is 91.5 Å². The zero-order valence-electron chi connectivity index (χ0n) is 22.0. The van der Waals surface area contributed by atoms with Crippen molar-refractivity contribution in [3.05, 3.63) is 58.7 Å². The molecule has 4 heteroatoms. The summed E-state index contributed by atoms with van der Waals surface area (Å²) < 4.78 is 0. The first-order chi connectivity index (χ1) is 14.9. The van der Waals surface area contributed by atoms with E-state index in [1.165, 1.54) is 33.6 Å². The average molecular weight is 460 g/mol. The highest BCUT2D eigenvalue weighted by atomic mass is 35.5. The van der Waals surface area contributed by atoms with E-state index in [0.717, 1.165) is 13.1 Å². The van der Waals surface area contributed by atoms with Gasteiger partial charge in [0.25, 0.3) is 0 Å². The highest BCUT2D eigenvalue weighted by Gasteiger charge is 2.17. The monoisotopic (exact) mass is 459 g/mol. The lowest BCUT2D eigenvalue weighted by Crippen LogP contribution is -2.43. The molecule has 0 fully saturated rings. The number of halogens is 1. The minimum Gasteiger partial charge on any atom is -0.383 e. The van der Waals surface area contributed by atoms with Crippen molar-refractivity contribution in [2.24, 2.45) is 0 Å². The van der Waals surface area contributed by atoms with E-state index in [1.807, 2.05) is 6.92 Å². The molecule has 2 N–H and O–H groups in total. The number of aryl methyl sites for hydroxylation is 4. The Bertz CT molecular complexity index is 766. The molecule has 0 heterocycles. The highest BCUT2D eigenvalue weighted by molar-refractivity contribution is 6.20. The van der Waals surface area contributed by atoms with Crippen molar-refractivity contribution in [1.29, 1.82) is 0 Å². The van der Waals surface area contributed by atoms with E-state index < -0.39 is 0 Å². The van der Waals surface area contributed by atoms with Crippen LogP contribution in [0.5, 0.6) is 0 Å². The van der Waals surface area contributed by atoms with Crippen LogP contribution in [0.15, 0.2) is 36.4 Å². The van der Waals surface area contributed by atoms with Gasteiger partial charge in [0.2, 0.25) is 0 Å². The van der Waals surface area contributed by atoms with Crippen LogP contribution in [0.2, 0.25) is 0 Å². The molecule has 0 amide bonds. The molecule has 0 radical (unpaired) electrons. The van der Waals surface area contributed by atoms with Gasteiger partial charge in [0.15, 0.2) is 0 Å². The molecule has 2 atom stereocenters. The fraction of sp³-hybridized carbons (Fsp3) is 0.571. The molecule has 3 nitrogen and oxygen atoms in total. The normalized spacial score (nSPS) is 13.1. The van der Waals surface area contributed by atoms with E-state index in [-0.39, 0.29) is 5.38 Å². The summed E-state index contributed by atoms with van der Waals surface area (Å²) in [7, 11) is 0. The van der Waals surface area contributed by atoms with Gasteiger partial charge in [0, 0.05) is 48.0 Å². The van der Waals surface area contributed by atoms with Crippen molar-refractivity contribution < 1.29 is 0 Å². The molecular weight excluding hydrogens is 414 g/mol. The van der Waals surface area contributed by atoms with Crippen LogP contribution in [-0.4, -0.2) is 41.5 Å². The number of hydrogen-bond donors (Lipinski definition) is 2. The zero-order valence-corrected chi connectivity index (χ0v) is 22.8. The van der Waals surface area contributed by atoms with Crippen molar-refractivity contribution in [2.45, 2.75) is 92.7 Å². The molecule has 2 aromatic carbocycles. The third kappa shape index (κ3) is 9.42. The van der Waals surface area contributed by atoms with Crippen LogP contribution >= 0.6 is 11.6 Å².